The molecular formula is C19H19N3O2. The molecule has 5 heteroatoms. The zero-order valence-corrected chi connectivity index (χ0v) is 13.5. The lowest BCUT2D eigenvalue weighted by Crippen LogP contribution is -2.21. The number of ether oxygens (including phenoxy) is 1. The smallest absolute Gasteiger partial charge is 0.221 e. The molecule has 3 heterocycles. The number of rotatable bonds is 3. The minimum Gasteiger partial charge on any atom is -0.494 e. The average molecular weight is 321 g/mol. The van der Waals surface area contributed by atoms with Gasteiger partial charge in [0.15, 0.2) is 0 Å². The lowest BCUT2D eigenvalue weighted by Gasteiger charge is -2.17. The molecule has 1 aliphatic heterocycles. The van der Waals surface area contributed by atoms with Crippen molar-refractivity contribution in [2.24, 2.45) is 0 Å². The van der Waals surface area contributed by atoms with Crippen molar-refractivity contribution < 1.29 is 9.53 Å². The molecule has 0 saturated carbocycles. The summed E-state index contributed by atoms with van der Waals surface area (Å²) in [6, 6.07) is 14.0. The predicted octanol–water partition coefficient (Wildman–Crippen LogP) is 2.88. The van der Waals surface area contributed by atoms with Gasteiger partial charge in [-0.2, -0.15) is 0 Å². The van der Waals surface area contributed by atoms with Crippen LogP contribution in [0.1, 0.15) is 36.2 Å². The topological polar surface area (TPSA) is 55.6 Å². The molecule has 1 aliphatic rings. The van der Waals surface area contributed by atoms with E-state index < -0.39 is 0 Å². The van der Waals surface area contributed by atoms with Crippen LogP contribution in [0.2, 0.25) is 0 Å². The van der Waals surface area contributed by atoms with Crippen LogP contribution in [0.25, 0.3) is 5.65 Å². The highest BCUT2D eigenvalue weighted by molar-refractivity contribution is 5.78. The summed E-state index contributed by atoms with van der Waals surface area (Å²) in [4.78, 5) is 16.9. The summed E-state index contributed by atoms with van der Waals surface area (Å²) in [7, 11) is 0. The molecule has 0 unspecified atom stereocenters. The van der Waals surface area contributed by atoms with Crippen LogP contribution in [-0.4, -0.2) is 21.9 Å². The fourth-order valence-electron chi connectivity index (χ4n) is 3.36. The Labute approximate surface area is 140 Å². The number of fused-ring (bicyclic) bond motifs is 3. The van der Waals surface area contributed by atoms with Crippen molar-refractivity contribution in [2.75, 3.05) is 6.61 Å². The van der Waals surface area contributed by atoms with Crippen LogP contribution in [0.15, 0.2) is 48.7 Å². The molecule has 1 N–H and O–H groups in total. The van der Waals surface area contributed by atoms with Crippen LogP contribution in [0.5, 0.6) is 5.75 Å². The van der Waals surface area contributed by atoms with E-state index in [-0.39, 0.29) is 11.8 Å². The van der Waals surface area contributed by atoms with E-state index in [1.807, 2.05) is 49.5 Å². The number of hydrogen-bond donors (Lipinski definition) is 1. The minimum absolute atomic E-state index is 0.0414. The largest absolute Gasteiger partial charge is 0.494 e. The first-order valence-electron chi connectivity index (χ1n) is 8.21. The summed E-state index contributed by atoms with van der Waals surface area (Å²) in [5.41, 5.74) is 3.99. The molecule has 2 aromatic heterocycles. The molecular weight excluding hydrogens is 302 g/mol. The maximum atomic E-state index is 12.2. The van der Waals surface area contributed by atoms with Crippen molar-refractivity contribution in [1.29, 1.82) is 0 Å². The molecule has 3 aromatic rings. The van der Waals surface area contributed by atoms with Gasteiger partial charge in [-0.15, -0.1) is 0 Å². The summed E-state index contributed by atoms with van der Waals surface area (Å²) in [5, 5.41) is 2.96. The molecule has 0 spiro atoms. The number of pyridine rings is 1. The highest BCUT2D eigenvalue weighted by Gasteiger charge is 2.28. The zero-order chi connectivity index (χ0) is 16.5. The van der Waals surface area contributed by atoms with E-state index in [0.29, 0.717) is 19.6 Å². The molecule has 0 fully saturated rings. The summed E-state index contributed by atoms with van der Waals surface area (Å²) < 4.78 is 7.72. The Balaban J connectivity index is 1.88. The van der Waals surface area contributed by atoms with Gasteiger partial charge in [-0.3, -0.25) is 4.79 Å². The first-order valence-corrected chi connectivity index (χ1v) is 8.21. The molecule has 4 rings (SSSR count). The number of benzene rings is 1. The van der Waals surface area contributed by atoms with Crippen molar-refractivity contribution >= 4 is 11.6 Å². The van der Waals surface area contributed by atoms with Gasteiger partial charge in [-0.1, -0.05) is 18.2 Å². The Kier molecular flexibility index (Phi) is 3.69. The average Bonchev–Trinajstić information content (AvgIpc) is 2.88. The number of nitrogens with one attached hydrogen (secondary N) is 1. The van der Waals surface area contributed by atoms with Crippen molar-refractivity contribution in [3.63, 3.8) is 0 Å². The van der Waals surface area contributed by atoms with Gasteiger partial charge in [0.05, 0.1) is 24.5 Å². The SMILES string of the molecule is CCOc1cccc([C@@H]2CC(=O)NCc3nc4ccccn4c32)c1. The van der Waals surface area contributed by atoms with Gasteiger partial charge in [-0.25, -0.2) is 4.98 Å². The Morgan fingerprint density at radius 1 is 1.29 bits per heavy atom. The first kappa shape index (κ1) is 14.8. The quantitative estimate of drug-likeness (QED) is 0.807. The van der Waals surface area contributed by atoms with E-state index in [9.17, 15) is 4.79 Å². The third kappa shape index (κ3) is 2.52. The summed E-state index contributed by atoms with van der Waals surface area (Å²) in [6.45, 7) is 3.06. The van der Waals surface area contributed by atoms with Gasteiger partial charge in [0.2, 0.25) is 5.91 Å². The van der Waals surface area contributed by atoms with E-state index >= 15 is 0 Å². The standard InChI is InChI=1S/C19H19N3O2/c1-2-24-14-7-5-6-13(10-14)15-11-18(23)20-12-16-19(15)22-9-4-3-8-17(22)21-16/h3-10,15H,2,11-12H2,1H3,(H,20,23)/t15-/m0/s1. The Bertz CT molecular complexity index is 901. The van der Waals surface area contributed by atoms with Crippen LogP contribution in [0.4, 0.5) is 0 Å². The number of amides is 1. The molecule has 0 radical (unpaired) electrons. The van der Waals surface area contributed by atoms with Gasteiger partial charge >= 0.3 is 0 Å². The van der Waals surface area contributed by atoms with Crippen LogP contribution >= 0.6 is 0 Å². The number of imidazole rings is 1. The van der Waals surface area contributed by atoms with Gasteiger partial charge in [0, 0.05) is 18.5 Å². The second kappa shape index (κ2) is 6.00. The van der Waals surface area contributed by atoms with Crippen LogP contribution in [-0.2, 0) is 11.3 Å². The molecule has 1 aromatic carbocycles. The second-order valence-corrected chi connectivity index (χ2v) is 5.91. The lowest BCUT2D eigenvalue weighted by atomic mass is 9.91. The molecule has 0 bridgehead atoms. The van der Waals surface area contributed by atoms with Crippen LogP contribution in [0, 0.1) is 0 Å². The van der Waals surface area contributed by atoms with Crippen molar-refractivity contribution in [1.82, 2.24) is 14.7 Å². The molecule has 0 saturated heterocycles. The summed E-state index contributed by atoms with van der Waals surface area (Å²) in [5.74, 6) is 0.833. The fourth-order valence-corrected chi connectivity index (χ4v) is 3.36. The van der Waals surface area contributed by atoms with Crippen molar-refractivity contribution in [2.45, 2.75) is 25.8 Å². The molecule has 1 amide bonds. The van der Waals surface area contributed by atoms with E-state index in [4.69, 9.17) is 9.72 Å². The molecule has 24 heavy (non-hydrogen) atoms. The maximum absolute atomic E-state index is 12.2. The van der Waals surface area contributed by atoms with Crippen molar-refractivity contribution in [3.8, 4) is 5.75 Å². The Morgan fingerprint density at radius 3 is 3.08 bits per heavy atom. The van der Waals surface area contributed by atoms with E-state index in [2.05, 4.69) is 15.8 Å². The third-order valence-electron chi connectivity index (χ3n) is 4.39. The predicted molar refractivity (Wildman–Crippen MR) is 91.1 cm³/mol. The van der Waals surface area contributed by atoms with Gasteiger partial charge in [-0.05, 0) is 36.8 Å². The minimum atomic E-state index is -0.0414. The normalized spacial score (nSPS) is 17.2. The number of aromatic nitrogens is 2. The van der Waals surface area contributed by atoms with Crippen LogP contribution < -0.4 is 10.1 Å². The summed E-state index contributed by atoms with van der Waals surface area (Å²) >= 11 is 0. The fraction of sp³-hybridized carbons (Fsp3) is 0.263. The van der Waals surface area contributed by atoms with E-state index in [1.54, 1.807) is 0 Å². The Hall–Kier alpha value is -2.82. The second-order valence-electron chi connectivity index (χ2n) is 5.91. The highest BCUT2D eigenvalue weighted by Crippen LogP contribution is 2.34. The molecule has 5 nitrogen and oxygen atoms in total. The monoisotopic (exact) mass is 321 g/mol. The number of hydrogen-bond acceptors (Lipinski definition) is 3. The van der Waals surface area contributed by atoms with Crippen LogP contribution in [0.3, 0.4) is 0 Å². The summed E-state index contributed by atoms with van der Waals surface area (Å²) in [6.07, 6.45) is 2.42. The van der Waals surface area contributed by atoms with Gasteiger partial charge < -0.3 is 14.5 Å². The number of carbonyl (C=O) groups is 1. The van der Waals surface area contributed by atoms with Crippen molar-refractivity contribution in [3.05, 3.63) is 65.6 Å². The zero-order valence-electron chi connectivity index (χ0n) is 13.5. The molecule has 122 valence electrons. The highest BCUT2D eigenvalue weighted by atomic mass is 16.5. The Morgan fingerprint density at radius 2 is 2.21 bits per heavy atom. The van der Waals surface area contributed by atoms with Gasteiger partial charge in [0.25, 0.3) is 0 Å². The number of nitrogens with zero attached hydrogens (tertiary/aromatic N) is 2. The number of carbonyl (C=O) groups excluding carboxylic acids is 1. The van der Waals surface area contributed by atoms with Gasteiger partial charge in [0.1, 0.15) is 11.4 Å². The molecule has 1 atom stereocenters. The maximum Gasteiger partial charge on any atom is 0.221 e. The lowest BCUT2D eigenvalue weighted by molar-refractivity contribution is -0.121. The van der Waals surface area contributed by atoms with E-state index in [0.717, 1.165) is 28.3 Å². The molecule has 0 aliphatic carbocycles. The first-order chi connectivity index (χ1) is 11.8. The third-order valence-corrected chi connectivity index (χ3v) is 4.39. The van der Waals surface area contributed by atoms with E-state index in [1.165, 1.54) is 0 Å².